The number of rotatable bonds is 5. The number of pyridine rings is 1. The van der Waals surface area contributed by atoms with E-state index in [-0.39, 0.29) is 25.2 Å². The van der Waals surface area contributed by atoms with E-state index in [9.17, 15) is 9.59 Å². The van der Waals surface area contributed by atoms with Crippen LogP contribution in [0.1, 0.15) is 41.8 Å². The van der Waals surface area contributed by atoms with Crippen LogP contribution in [0.15, 0.2) is 109 Å². The highest BCUT2D eigenvalue weighted by atomic mass is 16.5. The second kappa shape index (κ2) is 12.0. The van der Waals surface area contributed by atoms with E-state index in [0.717, 1.165) is 44.3 Å². The Morgan fingerprint density at radius 2 is 1.73 bits per heavy atom. The number of esters is 2. The average molecular weight is 533 g/mol. The van der Waals surface area contributed by atoms with Crippen LogP contribution < -0.4 is 4.90 Å². The lowest BCUT2D eigenvalue weighted by atomic mass is 9.83. The maximum atomic E-state index is 13.5. The first kappa shape index (κ1) is 26.9. The molecule has 0 unspecified atom stereocenters. The molecule has 0 bridgehead atoms. The van der Waals surface area contributed by atoms with Crippen molar-refractivity contribution < 1.29 is 19.1 Å². The molecule has 0 amide bonds. The number of hydrogen-bond acceptors (Lipinski definition) is 6. The summed E-state index contributed by atoms with van der Waals surface area (Å²) in [5.41, 5.74) is 5.96. The van der Waals surface area contributed by atoms with Crippen molar-refractivity contribution in [1.29, 1.82) is 0 Å². The number of hydrogen-bond donors (Lipinski definition) is 0. The summed E-state index contributed by atoms with van der Waals surface area (Å²) in [4.78, 5) is 33.3. The first-order valence-electron chi connectivity index (χ1n) is 13.5. The molecule has 0 saturated heterocycles. The van der Waals surface area contributed by atoms with Gasteiger partial charge in [-0.1, -0.05) is 61.2 Å². The van der Waals surface area contributed by atoms with E-state index < -0.39 is 0 Å². The average Bonchev–Trinajstić information content (AvgIpc) is 3.15. The molecule has 0 fully saturated rings. The van der Waals surface area contributed by atoms with E-state index in [4.69, 9.17) is 9.47 Å². The Hall–Kier alpha value is -4.71. The zero-order chi connectivity index (χ0) is 28.1. The number of carbonyl (C=O) groups is 2. The highest BCUT2D eigenvalue weighted by Crippen LogP contribution is 2.43. The van der Waals surface area contributed by atoms with Crippen molar-refractivity contribution in [2.75, 3.05) is 24.7 Å². The van der Waals surface area contributed by atoms with Crippen LogP contribution in [-0.2, 0) is 20.8 Å². The summed E-state index contributed by atoms with van der Waals surface area (Å²) in [5.74, 6) is -0.766. The minimum absolute atomic E-state index is 0.260. The predicted molar refractivity (Wildman–Crippen MR) is 159 cm³/mol. The van der Waals surface area contributed by atoms with Crippen LogP contribution in [0.2, 0.25) is 0 Å². The van der Waals surface area contributed by atoms with Crippen molar-refractivity contribution in [3.05, 3.63) is 125 Å². The van der Waals surface area contributed by atoms with Gasteiger partial charge in [0.2, 0.25) is 0 Å². The number of benzene rings is 2. The molecule has 2 aromatic carbocycles. The summed E-state index contributed by atoms with van der Waals surface area (Å²) in [6.07, 6.45) is 13.8. The highest BCUT2D eigenvalue weighted by Gasteiger charge is 2.32. The van der Waals surface area contributed by atoms with Gasteiger partial charge in [0, 0.05) is 31.2 Å². The SMILES string of the molecule is C=C1/C=C\C=C/C/C=C(/C(=O)OCC)C2=C1c1c(c(C(=O)OCC)cc3ccccc13)CN(c1ccncc1)C2. The minimum atomic E-state index is -0.385. The third-order valence-electron chi connectivity index (χ3n) is 7.07. The molecule has 2 heterocycles. The zero-order valence-corrected chi connectivity index (χ0v) is 22.9. The summed E-state index contributed by atoms with van der Waals surface area (Å²) < 4.78 is 11.1. The van der Waals surface area contributed by atoms with E-state index >= 15 is 0 Å². The van der Waals surface area contributed by atoms with E-state index in [2.05, 4.69) is 22.5 Å². The van der Waals surface area contributed by atoms with Crippen LogP contribution in [0, 0.1) is 0 Å². The molecule has 1 aliphatic carbocycles. The molecule has 0 saturated carbocycles. The minimum Gasteiger partial charge on any atom is -0.462 e. The quantitative estimate of drug-likeness (QED) is 0.339. The van der Waals surface area contributed by atoms with Gasteiger partial charge in [-0.05, 0) is 77.1 Å². The monoisotopic (exact) mass is 532 g/mol. The van der Waals surface area contributed by atoms with Gasteiger partial charge in [-0.3, -0.25) is 4.98 Å². The van der Waals surface area contributed by atoms with Gasteiger partial charge < -0.3 is 14.4 Å². The normalized spacial score (nSPS) is 18.1. The topological polar surface area (TPSA) is 68.7 Å². The molecule has 40 heavy (non-hydrogen) atoms. The molecular weight excluding hydrogens is 500 g/mol. The summed E-state index contributed by atoms with van der Waals surface area (Å²) in [5, 5.41) is 1.88. The van der Waals surface area contributed by atoms with Crippen molar-refractivity contribution in [1.82, 2.24) is 4.98 Å². The Balaban J connectivity index is 1.92. The number of aromatic nitrogens is 1. The third-order valence-corrected chi connectivity index (χ3v) is 7.07. The van der Waals surface area contributed by atoms with Crippen LogP contribution in [-0.4, -0.2) is 36.7 Å². The number of anilines is 1. The standard InChI is InChI=1S/C34H32N2O4/c1-4-39-33(37)27-15-9-7-6-8-12-23(3)31-29(27)21-36(25-16-18-35-19-17-25)22-30-28(34(38)40-5-2)20-24-13-10-11-14-26(24)32(30)31/h6-8,10-20H,3-5,9,21-22H2,1-2H3/b7-6-,12-8-,27-15+. The van der Waals surface area contributed by atoms with Crippen molar-refractivity contribution in [2.24, 2.45) is 0 Å². The van der Waals surface area contributed by atoms with Gasteiger partial charge in [0.1, 0.15) is 0 Å². The first-order valence-corrected chi connectivity index (χ1v) is 13.5. The maximum absolute atomic E-state index is 13.5. The summed E-state index contributed by atoms with van der Waals surface area (Å²) in [6, 6.07) is 13.8. The number of fused-ring (bicyclic) bond motifs is 4. The Morgan fingerprint density at radius 3 is 2.50 bits per heavy atom. The Labute approximate surface area is 234 Å². The molecule has 0 N–H and O–H groups in total. The van der Waals surface area contributed by atoms with Crippen LogP contribution in [0.25, 0.3) is 16.3 Å². The fourth-order valence-corrected chi connectivity index (χ4v) is 5.35. The fourth-order valence-electron chi connectivity index (χ4n) is 5.35. The molecule has 0 radical (unpaired) electrons. The number of allylic oxidation sites excluding steroid dienone is 7. The van der Waals surface area contributed by atoms with Gasteiger partial charge in [0.25, 0.3) is 0 Å². The predicted octanol–water partition coefficient (Wildman–Crippen LogP) is 6.75. The van der Waals surface area contributed by atoms with E-state index in [1.165, 1.54) is 0 Å². The van der Waals surface area contributed by atoms with Gasteiger partial charge in [0.15, 0.2) is 0 Å². The largest absolute Gasteiger partial charge is 0.462 e. The van der Waals surface area contributed by atoms with Gasteiger partial charge in [-0.15, -0.1) is 0 Å². The Kier molecular flexibility index (Phi) is 8.06. The smallest absolute Gasteiger partial charge is 0.338 e. The third kappa shape index (κ3) is 5.25. The maximum Gasteiger partial charge on any atom is 0.338 e. The van der Waals surface area contributed by atoms with Crippen LogP contribution in [0.5, 0.6) is 0 Å². The van der Waals surface area contributed by atoms with Crippen LogP contribution in [0.3, 0.4) is 0 Å². The Morgan fingerprint density at radius 1 is 0.975 bits per heavy atom. The second-order valence-corrected chi connectivity index (χ2v) is 9.52. The van der Waals surface area contributed by atoms with Crippen molar-refractivity contribution >= 4 is 34.0 Å². The zero-order valence-electron chi connectivity index (χ0n) is 22.9. The lowest BCUT2D eigenvalue weighted by molar-refractivity contribution is -0.138. The van der Waals surface area contributed by atoms with Gasteiger partial charge >= 0.3 is 11.9 Å². The van der Waals surface area contributed by atoms with Crippen LogP contribution >= 0.6 is 0 Å². The second-order valence-electron chi connectivity index (χ2n) is 9.52. The Bertz CT molecular complexity index is 1590. The van der Waals surface area contributed by atoms with Gasteiger partial charge in [-0.2, -0.15) is 0 Å². The van der Waals surface area contributed by atoms with E-state index in [1.54, 1.807) is 26.2 Å². The molecule has 6 nitrogen and oxygen atoms in total. The molecule has 3 aromatic rings. The van der Waals surface area contributed by atoms with Gasteiger partial charge in [0.05, 0.1) is 24.4 Å². The highest BCUT2D eigenvalue weighted by molar-refractivity contribution is 6.09. The number of ether oxygens (including phenoxy) is 2. The molecule has 1 aromatic heterocycles. The lowest BCUT2D eigenvalue weighted by Crippen LogP contribution is -2.27. The van der Waals surface area contributed by atoms with Crippen molar-refractivity contribution in [3.63, 3.8) is 0 Å². The van der Waals surface area contributed by atoms with Crippen molar-refractivity contribution in [3.8, 4) is 0 Å². The van der Waals surface area contributed by atoms with E-state index in [1.807, 2.05) is 66.8 Å². The summed E-state index contributed by atoms with van der Waals surface area (Å²) in [6.45, 7) is 9.41. The number of nitrogens with zero attached hydrogens (tertiary/aromatic N) is 2. The van der Waals surface area contributed by atoms with Crippen LogP contribution in [0.4, 0.5) is 5.69 Å². The number of carbonyl (C=O) groups excluding carboxylic acids is 2. The molecule has 2 aliphatic rings. The summed E-state index contributed by atoms with van der Waals surface area (Å²) in [7, 11) is 0. The fraction of sp³-hybridized carbons (Fsp3) is 0.206. The molecule has 0 spiro atoms. The molecule has 0 atom stereocenters. The lowest BCUT2D eigenvalue weighted by Gasteiger charge is -2.26. The van der Waals surface area contributed by atoms with Gasteiger partial charge in [-0.25, -0.2) is 9.59 Å². The summed E-state index contributed by atoms with van der Waals surface area (Å²) >= 11 is 0. The molecule has 5 rings (SSSR count). The first-order chi connectivity index (χ1) is 19.5. The molecule has 6 heteroatoms. The molecule has 202 valence electrons. The molecular formula is C34H32N2O4. The van der Waals surface area contributed by atoms with Crippen molar-refractivity contribution in [2.45, 2.75) is 26.8 Å². The molecule has 1 aliphatic heterocycles. The van der Waals surface area contributed by atoms with E-state index in [0.29, 0.717) is 30.6 Å².